The van der Waals surface area contributed by atoms with E-state index in [-0.39, 0.29) is 17.9 Å². The first-order valence-corrected chi connectivity index (χ1v) is 10.1. The zero-order valence-electron chi connectivity index (χ0n) is 16.1. The summed E-state index contributed by atoms with van der Waals surface area (Å²) in [5.41, 5.74) is 1.11. The van der Waals surface area contributed by atoms with E-state index < -0.39 is 11.5 Å². The molecule has 1 aromatic heterocycles. The molecular weight excluding hydrogens is 440 g/mol. The Morgan fingerprint density at radius 1 is 0.935 bits per heavy atom. The maximum absolute atomic E-state index is 13.7. The van der Waals surface area contributed by atoms with Crippen molar-refractivity contribution in [3.05, 3.63) is 116 Å². The van der Waals surface area contributed by atoms with Crippen LogP contribution in [0.2, 0.25) is 10.0 Å². The van der Waals surface area contributed by atoms with Gasteiger partial charge in [0.15, 0.2) is 0 Å². The Morgan fingerprint density at radius 3 is 2.23 bits per heavy atom. The largest absolute Gasteiger partial charge is 0.322 e. The number of carbonyl (C=O) groups is 1. The summed E-state index contributed by atoms with van der Waals surface area (Å²) in [5.74, 6) is -0.946. The zero-order valence-corrected chi connectivity index (χ0v) is 17.6. The molecule has 0 saturated heterocycles. The summed E-state index contributed by atoms with van der Waals surface area (Å²) in [6.07, 6.45) is 1.45. The SMILES string of the molecule is O=C(Nc1ccc(Cl)cc1)c1cn(Cc2cccc(F)c2)n(-c2ccc(Cl)cc2)c1=O. The molecule has 156 valence electrons. The maximum Gasteiger partial charge on any atom is 0.284 e. The fraction of sp³-hybridized carbons (Fsp3) is 0.0435. The molecule has 0 aliphatic heterocycles. The second-order valence-corrected chi connectivity index (χ2v) is 7.70. The molecule has 0 atom stereocenters. The summed E-state index contributed by atoms with van der Waals surface area (Å²) in [6.45, 7) is 0.184. The summed E-state index contributed by atoms with van der Waals surface area (Å²) >= 11 is 11.8. The number of nitrogens with one attached hydrogen (secondary N) is 1. The van der Waals surface area contributed by atoms with E-state index in [0.29, 0.717) is 27.0 Å². The smallest absolute Gasteiger partial charge is 0.284 e. The van der Waals surface area contributed by atoms with Gasteiger partial charge in [0, 0.05) is 21.9 Å². The van der Waals surface area contributed by atoms with E-state index in [4.69, 9.17) is 23.2 Å². The van der Waals surface area contributed by atoms with Crippen LogP contribution in [-0.2, 0) is 6.54 Å². The van der Waals surface area contributed by atoms with Gasteiger partial charge >= 0.3 is 0 Å². The molecule has 0 saturated carbocycles. The summed E-state index contributed by atoms with van der Waals surface area (Å²) in [4.78, 5) is 26.0. The first-order valence-electron chi connectivity index (χ1n) is 9.30. The van der Waals surface area contributed by atoms with Crippen molar-refractivity contribution in [2.24, 2.45) is 0 Å². The van der Waals surface area contributed by atoms with Crippen molar-refractivity contribution in [3.63, 3.8) is 0 Å². The lowest BCUT2D eigenvalue weighted by Crippen LogP contribution is -2.26. The minimum Gasteiger partial charge on any atom is -0.322 e. The molecule has 1 amide bonds. The van der Waals surface area contributed by atoms with Crippen molar-refractivity contribution in [3.8, 4) is 5.69 Å². The van der Waals surface area contributed by atoms with Crippen molar-refractivity contribution in [1.82, 2.24) is 9.36 Å². The lowest BCUT2D eigenvalue weighted by atomic mass is 10.2. The Bertz CT molecular complexity index is 1300. The molecule has 0 spiro atoms. The Morgan fingerprint density at radius 2 is 1.58 bits per heavy atom. The lowest BCUT2D eigenvalue weighted by Gasteiger charge is -2.12. The second kappa shape index (κ2) is 8.79. The molecular formula is C23H16Cl2FN3O2. The van der Waals surface area contributed by atoms with E-state index in [0.717, 1.165) is 0 Å². The van der Waals surface area contributed by atoms with Crippen molar-refractivity contribution >= 4 is 34.8 Å². The molecule has 3 aromatic carbocycles. The highest BCUT2D eigenvalue weighted by molar-refractivity contribution is 6.30. The van der Waals surface area contributed by atoms with Gasteiger partial charge in [0.2, 0.25) is 0 Å². The molecule has 0 fully saturated rings. The Labute approximate surface area is 187 Å². The predicted molar refractivity (Wildman–Crippen MR) is 120 cm³/mol. The monoisotopic (exact) mass is 455 g/mol. The third kappa shape index (κ3) is 4.71. The second-order valence-electron chi connectivity index (χ2n) is 6.82. The Hall–Kier alpha value is -3.35. The molecule has 4 rings (SSSR count). The van der Waals surface area contributed by atoms with E-state index >= 15 is 0 Å². The molecule has 8 heteroatoms. The van der Waals surface area contributed by atoms with Crippen LogP contribution in [0.25, 0.3) is 5.69 Å². The molecule has 0 unspecified atom stereocenters. The van der Waals surface area contributed by atoms with E-state index in [1.54, 1.807) is 65.3 Å². The van der Waals surface area contributed by atoms with Crippen LogP contribution in [0, 0.1) is 5.82 Å². The zero-order chi connectivity index (χ0) is 22.0. The first kappa shape index (κ1) is 20.9. The molecule has 0 bridgehead atoms. The van der Waals surface area contributed by atoms with Crippen molar-refractivity contribution < 1.29 is 9.18 Å². The van der Waals surface area contributed by atoms with E-state index in [9.17, 15) is 14.0 Å². The number of nitrogens with zero attached hydrogens (tertiary/aromatic N) is 2. The van der Waals surface area contributed by atoms with Crippen molar-refractivity contribution in [1.29, 1.82) is 0 Å². The summed E-state index contributed by atoms with van der Waals surface area (Å²) < 4.78 is 16.6. The highest BCUT2D eigenvalue weighted by Gasteiger charge is 2.19. The number of rotatable bonds is 5. The fourth-order valence-corrected chi connectivity index (χ4v) is 3.42. The number of benzene rings is 3. The fourth-order valence-electron chi connectivity index (χ4n) is 3.17. The lowest BCUT2D eigenvalue weighted by molar-refractivity contribution is 0.102. The van der Waals surface area contributed by atoms with Gasteiger partial charge in [-0.15, -0.1) is 0 Å². The van der Waals surface area contributed by atoms with Crippen LogP contribution < -0.4 is 10.9 Å². The third-order valence-corrected chi connectivity index (χ3v) is 5.11. The number of carbonyl (C=O) groups excluding carboxylic acids is 1. The molecule has 31 heavy (non-hydrogen) atoms. The predicted octanol–water partition coefficient (Wildman–Crippen LogP) is 5.39. The van der Waals surface area contributed by atoms with Gasteiger partial charge in [-0.05, 0) is 66.2 Å². The molecule has 0 aliphatic carbocycles. The highest BCUT2D eigenvalue weighted by atomic mass is 35.5. The van der Waals surface area contributed by atoms with Crippen LogP contribution in [0.15, 0.2) is 83.8 Å². The number of aromatic nitrogens is 2. The molecule has 4 aromatic rings. The van der Waals surface area contributed by atoms with Gasteiger partial charge in [-0.1, -0.05) is 35.3 Å². The minimum atomic E-state index is -0.562. The maximum atomic E-state index is 13.7. The number of anilines is 1. The van der Waals surface area contributed by atoms with E-state index in [1.165, 1.54) is 23.0 Å². The van der Waals surface area contributed by atoms with Crippen LogP contribution in [0.5, 0.6) is 0 Å². The first-order chi connectivity index (χ1) is 14.9. The Kier molecular flexibility index (Phi) is 5.93. The summed E-state index contributed by atoms with van der Waals surface area (Å²) in [5, 5.41) is 3.74. The van der Waals surface area contributed by atoms with E-state index in [2.05, 4.69) is 5.32 Å². The Balaban J connectivity index is 1.75. The average Bonchev–Trinajstić information content (AvgIpc) is 3.06. The van der Waals surface area contributed by atoms with Crippen molar-refractivity contribution in [2.75, 3.05) is 5.32 Å². The number of halogens is 3. The number of hydrogen-bond acceptors (Lipinski definition) is 2. The van der Waals surface area contributed by atoms with Crippen LogP contribution in [0.4, 0.5) is 10.1 Å². The van der Waals surface area contributed by atoms with Crippen molar-refractivity contribution in [2.45, 2.75) is 6.54 Å². The van der Waals surface area contributed by atoms with Gasteiger partial charge in [0.05, 0.1) is 12.2 Å². The van der Waals surface area contributed by atoms with Crippen LogP contribution in [0.1, 0.15) is 15.9 Å². The molecule has 5 nitrogen and oxygen atoms in total. The summed E-state index contributed by atoms with van der Waals surface area (Å²) in [6, 6.07) is 19.3. The molecule has 0 radical (unpaired) electrons. The van der Waals surface area contributed by atoms with E-state index in [1.807, 2.05) is 0 Å². The number of hydrogen-bond donors (Lipinski definition) is 1. The number of amides is 1. The molecule has 1 N–H and O–H groups in total. The highest BCUT2D eigenvalue weighted by Crippen LogP contribution is 2.17. The van der Waals surface area contributed by atoms with Gasteiger partial charge in [-0.25, -0.2) is 9.07 Å². The molecule has 1 heterocycles. The average molecular weight is 456 g/mol. The standard InChI is InChI=1S/C23H16Cl2FN3O2/c24-16-4-8-19(9-5-16)27-22(30)21-14-28(13-15-2-1-3-18(26)12-15)29(23(21)31)20-10-6-17(25)7-11-20/h1-12,14H,13H2,(H,27,30). The van der Waals surface area contributed by atoms with Gasteiger partial charge in [-0.3, -0.25) is 14.3 Å². The minimum absolute atomic E-state index is 0.0543. The van der Waals surface area contributed by atoms with Gasteiger partial charge in [0.1, 0.15) is 11.4 Å². The van der Waals surface area contributed by atoms with Crippen LogP contribution in [-0.4, -0.2) is 15.3 Å². The van der Waals surface area contributed by atoms with Crippen LogP contribution >= 0.6 is 23.2 Å². The van der Waals surface area contributed by atoms with Gasteiger partial charge in [0.25, 0.3) is 11.5 Å². The molecule has 0 aliphatic rings. The van der Waals surface area contributed by atoms with Crippen LogP contribution in [0.3, 0.4) is 0 Å². The normalized spacial score (nSPS) is 10.8. The quantitative estimate of drug-likeness (QED) is 0.438. The van der Waals surface area contributed by atoms with Gasteiger partial charge < -0.3 is 5.32 Å². The third-order valence-electron chi connectivity index (χ3n) is 4.61. The topological polar surface area (TPSA) is 56.0 Å². The summed E-state index contributed by atoms with van der Waals surface area (Å²) in [7, 11) is 0. The van der Waals surface area contributed by atoms with Gasteiger partial charge in [-0.2, -0.15) is 0 Å².